The molecule has 9 nitrogen and oxygen atoms in total. The molecule has 0 saturated heterocycles. The van der Waals surface area contributed by atoms with Crippen LogP contribution in [0.25, 0.3) is 0 Å². The fourth-order valence-electron chi connectivity index (χ4n) is 2.13. The first kappa shape index (κ1) is 18.9. The number of benzene rings is 1. The van der Waals surface area contributed by atoms with Crippen molar-refractivity contribution in [3.8, 4) is 0 Å². The summed E-state index contributed by atoms with van der Waals surface area (Å²) >= 11 is 0. The summed E-state index contributed by atoms with van der Waals surface area (Å²) in [7, 11) is -4.29. The second kappa shape index (κ2) is 7.42. The Labute approximate surface area is 152 Å². The first-order valence-corrected chi connectivity index (χ1v) is 9.08. The first-order valence-electron chi connectivity index (χ1n) is 7.60. The van der Waals surface area contributed by atoms with E-state index in [4.69, 9.17) is 0 Å². The Morgan fingerprint density at radius 3 is 2.56 bits per heavy atom. The zero-order valence-electron chi connectivity index (χ0n) is 13.7. The molecule has 0 amide bonds. The van der Waals surface area contributed by atoms with Crippen LogP contribution >= 0.6 is 0 Å². The van der Waals surface area contributed by atoms with E-state index in [9.17, 15) is 17.9 Å². The van der Waals surface area contributed by atoms with Gasteiger partial charge in [-0.25, -0.2) is 17.2 Å². The Kier molecular flexibility index (Phi) is 5.21. The average molecular weight is 396 g/mol. The number of aliphatic hydroxyl groups is 1. The van der Waals surface area contributed by atoms with Crippen molar-refractivity contribution in [2.75, 3.05) is 6.61 Å². The van der Waals surface area contributed by atoms with Crippen LogP contribution in [0.5, 0.6) is 0 Å². The topological polar surface area (TPSA) is 123 Å². The third kappa shape index (κ3) is 4.30. The summed E-state index contributed by atoms with van der Waals surface area (Å²) < 4.78 is 54.3. The molecule has 2 N–H and O–H groups in total. The number of aliphatic hydroxyl groups excluding tert-OH is 1. The van der Waals surface area contributed by atoms with Crippen LogP contribution in [0.3, 0.4) is 0 Å². The standard InChI is InChI=1S/C15H14F2N6O3S/c16-11-6-7-12(18-8-11)9-23-20-14(19-22-23)15(17,10-24)21-27(25,26)13-4-2-1-3-5-13/h1-8,21,24H,9-10H2. The van der Waals surface area contributed by atoms with E-state index in [1.165, 1.54) is 36.4 Å². The fraction of sp³-hybridized carbons (Fsp3) is 0.200. The second-order valence-electron chi connectivity index (χ2n) is 5.49. The SMILES string of the molecule is O=S(=O)(NC(F)(CO)c1nnn(Cc2ccc(F)cn2)n1)c1ccccc1. The number of hydrogen-bond donors (Lipinski definition) is 2. The lowest BCUT2D eigenvalue weighted by atomic mass is 10.3. The number of nitrogens with one attached hydrogen (secondary N) is 1. The van der Waals surface area contributed by atoms with Gasteiger partial charge in [0.2, 0.25) is 15.8 Å². The van der Waals surface area contributed by atoms with Crippen molar-refractivity contribution in [3.63, 3.8) is 0 Å². The Morgan fingerprint density at radius 1 is 1.19 bits per heavy atom. The van der Waals surface area contributed by atoms with E-state index in [0.29, 0.717) is 5.69 Å². The van der Waals surface area contributed by atoms with Crippen molar-refractivity contribution >= 4 is 10.0 Å². The third-order valence-corrected chi connectivity index (χ3v) is 4.95. The zero-order chi connectivity index (χ0) is 19.5. The van der Waals surface area contributed by atoms with Gasteiger partial charge in [-0.3, -0.25) is 4.98 Å². The lowest BCUT2D eigenvalue weighted by molar-refractivity contribution is 0.0493. The number of sulfonamides is 1. The van der Waals surface area contributed by atoms with Gasteiger partial charge >= 0.3 is 0 Å². The van der Waals surface area contributed by atoms with E-state index in [0.717, 1.165) is 11.0 Å². The summed E-state index contributed by atoms with van der Waals surface area (Å²) in [6.07, 6.45) is 0.994. The van der Waals surface area contributed by atoms with Crippen molar-refractivity contribution < 1.29 is 22.3 Å². The van der Waals surface area contributed by atoms with E-state index in [-0.39, 0.29) is 11.4 Å². The molecule has 3 aromatic rings. The molecule has 1 atom stereocenters. The van der Waals surface area contributed by atoms with Gasteiger partial charge in [0.15, 0.2) is 0 Å². The molecule has 27 heavy (non-hydrogen) atoms. The Bertz CT molecular complexity index is 1010. The molecule has 0 fully saturated rings. The minimum absolute atomic E-state index is 0.0553. The molecule has 0 spiro atoms. The second-order valence-corrected chi connectivity index (χ2v) is 7.17. The van der Waals surface area contributed by atoms with Gasteiger partial charge in [0.05, 0.1) is 23.4 Å². The monoisotopic (exact) mass is 396 g/mol. The summed E-state index contributed by atoms with van der Waals surface area (Å²) in [6.45, 7) is -1.31. The van der Waals surface area contributed by atoms with Gasteiger partial charge < -0.3 is 5.11 Å². The number of rotatable bonds is 7. The summed E-state index contributed by atoms with van der Waals surface area (Å²) in [6, 6.07) is 9.64. The molecule has 0 aliphatic heterocycles. The molecule has 3 rings (SSSR count). The first-order chi connectivity index (χ1) is 12.8. The Hall–Kier alpha value is -2.83. The normalized spacial score (nSPS) is 14.0. The number of hydrogen-bond acceptors (Lipinski definition) is 7. The van der Waals surface area contributed by atoms with Gasteiger partial charge in [-0.15, -0.1) is 10.2 Å². The molecule has 0 bridgehead atoms. The predicted molar refractivity (Wildman–Crippen MR) is 87.7 cm³/mol. The highest BCUT2D eigenvalue weighted by molar-refractivity contribution is 7.89. The van der Waals surface area contributed by atoms with E-state index in [1.807, 2.05) is 0 Å². The molecule has 1 unspecified atom stereocenters. The van der Waals surface area contributed by atoms with Crippen LogP contribution in [-0.4, -0.2) is 45.3 Å². The maximum atomic E-state index is 15.1. The Balaban J connectivity index is 1.82. The highest BCUT2D eigenvalue weighted by Gasteiger charge is 2.41. The van der Waals surface area contributed by atoms with E-state index < -0.39 is 34.1 Å². The number of tetrazole rings is 1. The fourth-order valence-corrected chi connectivity index (χ4v) is 3.35. The maximum Gasteiger partial charge on any atom is 0.261 e. The minimum atomic E-state index is -4.29. The van der Waals surface area contributed by atoms with E-state index in [1.54, 1.807) is 10.8 Å². The smallest absolute Gasteiger partial charge is 0.261 e. The number of pyridine rings is 1. The van der Waals surface area contributed by atoms with Gasteiger partial charge in [0.1, 0.15) is 12.4 Å². The van der Waals surface area contributed by atoms with Crippen molar-refractivity contribution in [3.05, 3.63) is 66.0 Å². The minimum Gasteiger partial charge on any atom is -0.391 e. The molecular formula is C15H14F2N6O3S. The number of aromatic nitrogens is 5. The number of halogens is 2. The van der Waals surface area contributed by atoms with Crippen LogP contribution in [0.2, 0.25) is 0 Å². The van der Waals surface area contributed by atoms with Crippen molar-refractivity contribution in [1.82, 2.24) is 29.9 Å². The molecule has 2 aromatic heterocycles. The predicted octanol–water partition coefficient (Wildman–Crippen LogP) is 0.349. The van der Waals surface area contributed by atoms with Crippen LogP contribution in [0.1, 0.15) is 11.5 Å². The molecule has 142 valence electrons. The average Bonchev–Trinajstić information content (AvgIpc) is 3.13. The van der Waals surface area contributed by atoms with Gasteiger partial charge in [0.25, 0.3) is 5.79 Å². The van der Waals surface area contributed by atoms with Crippen LogP contribution in [-0.2, 0) is 22.4 Å². The van der Waals surface area contributed by atoms with Crippen molar-refractivity contribution in [1.29, 1.82) is 0 Å². The molecule has 0 aliphatic rings. The van der Waals surface area contributed by atoms with Gasteiger partial charge in [-0.1, -0.05) is 18.2 Å². The summed E-state index contributed by atoms with van der Waals surface area (Å²) in [5.41, 5.74) is 0.374. The van der Waals surface area contributed by atoms with Crippen LogP contribution < -0.4 is 4.72 Å². The summed E-state index contributed by atoms with van der Waals surface area (Å²) in [5.74, 6) is -4.18. The lowest BCUT2D eigenvalue weighted by Crippen LogP contribution is -2.46. The highest BCUT2D eigenvalue weighted by atomic mass is 32.2. The molecule has 0 radical (unpaired) electrons. The largest absolute Gasteiger partial charge is 0.391 e. The quantitative estimate of drug-likeness (QED) is 0.553. The van der Waals surface area contributed by atoms with Crippen LogP contribution in [0.4, 0.5) is 8.78 Å². The zero-order valence-corrected chi connectivity index (χ0v) is 14.5. The molecule has 1 aromatic carbocycles. The van der Waals surface area contributed by atoms with Gasteiger partial charge in [-0.05, 0) is 29.5 Å². The van der Waals surface area contributed by atoms with Crippen LogP contribution in [0, 0.1) is 5.82 Å². The number of alkyl halides is 1. The van der Waals surface area contributed by atoms with Gasteiger partial charge in [-0.2, -0.15) is 9.52 Å². The lowest BCUT2D eigenvalue weighted by Gasteiger charge is -2.20. The highest BCUT2D eigenvalue weighted by Crippen LogP contribution is 2.22. The third-order valence-electron chi connectivity index (χ3n) is 3.47. The molecule has 0 aliphatic carbocycles. The molecule has 12 heteroatoms. The molecule has 2 heterocycles. The van der Waals surface area contributed by atoms with Crippen LogP contribution in [0.15, 0.2) is 53.6 Å². The molecule has 0 saturated carbocycles. The van der Waals surface area contributed by atoms with Crippen molar-refractivity contribution in [2.45, 2.75) is 17.2 Å². The summed E-state index contributed by atoms with van der Waals surface area (Å²) in [4.78, 5) is 4.56. The van der Waals surface area contributed by atoms with E-state index in [2.05, 4.69) is 20.4 Å². The maximum absolute atomic E-state index is 15.1. The number of nitrogens with zero attached hydrogens (tertiary/aromatic N) is 5. The van der Waals surface area contributed by atoms with E-state index >= 15 is 4.39 Å². The van der Waals surface area contributed by atoms with Crippen molar-refractivity contribution in [2.24, 2.45) is 0 Å². The molecular weight excluding hydrogens is 382 g/mol. The Morgan fingerprint density at radius 2 is 1.93 bits per heavy atom. The van der Waals surface area contributed by atoms with Gasteiger partial charge in [0, 0.05) is 0 Å². The summed E-state index contributed by atoms with van der Waals surface area (Å²) in [5, 5.41) is 20.2.